The molecule has 0 radical (unpaired) electrons. The summed E-state index contributed by atoms with van der Waals surface area (Å²) in [5.74, 6) is 0.500. The number of nitrogens with two attached hydrogens (primary N) is 1. The summed E-state index contributed by atoms with van der Waals surface area (Å²) >= 11 is 3.43. The Labute approximate surface area is 126 Å². The molecule has 0 spiro atoms. The summed E-state index contributed by atoms with van der Waals surface area (Å²) in [5, 5.41) is 0. The highest BCUT2D eigenvalue weighted by Gasteiger charge is 2.11. The van der Waals surface area contributed by atoms with E-state index in [1.165, 1.54) is 0 Å². The maximum absolute atomic E-state index is 12.1. The topological polar surface area (TPSA) is 59.2 Å². The number of nitrogen functional groups attached to an aromatic ring is 1. The molecule has 4 nitrogen and oxygen atoms in total. The third-order valence-electron chi connectivity index (χ3n) is 3.05. The van der Waals surface area contributed by atoms with Crippen LogP contribution in [0.3, 0.4) is 0 Å². The highest BCUT2D eigenvalue weighted by atomic mass is 79.9. The monoisotopic (exact) mass is 333 g/mol. The number of pyridine rings is 1. The number of carbonyl (C=O) groups is 1. The molecule has 0 aliphatic heterocycles. The molecule has 0 fully saturated rings. The van der Waals surface area contributed by atoms with Crippen LogP contribution in [0.2, 0.25) is 0 Å². The Bertz CT molecular complexity index is 598. The Kier molecular flexibility index (Phi) is 4.74. The third kappa shape index (κ3) is 3.81. The van der Waals surface area contributed by atoms with Gasteiger partial charge in [0.15, 0.2) is 0 Å². The lowest BCUT2D eigenvalue weighted by molar-refractivity contribution is -0.118. The van der Waals surface area contributed by atoms with Crippen LogP contribution in [0.25, 0.3) is 0 Å². The van der Waals surface area contributed by atoms with Gasteiger partial charge in [0.1, 0.15) is 5.82 Å². The second kappa shape index (κ2) is 6.52. The summed E-state index contributed by atoms with van der Waals surface area (Å²) in [7, 11) is 1.75. The molecule has 0 bridgehead atoms. The first-order chi connectivity index (χ1) is 9.56. The SMILES string of the molecule is CN(C(=O)CCc1cccc(Br)c1)c1ccc(N)nc1. The lowest BCUT2D eigenvalue weighted by Gasteiger charge is -2.17. The van der Waals surface area contributed by atoms with Crippen molar-refractivity contribution in [1.82, 2.24) is 4.98 Å². The summed E-state index contributed by atoms with van der Waals surface area (Å²) in [6.07, 6.45) is 2.77. The van der Waals surface area contributed by atoms with Crippen molar-refractivity contribution in [2.24, 2.45) is 0 Å². The summed E-state index contributed by atoms with van der Waals surface area (Å²) in [6.45, 7) is 0. The van der Waals surface area contributed by atoms with Gasteiger partial charge in [0.2, 0.25) is 5.91 Å². The number of anilines is 2. The number of nitrogens with zero attached hydrogens (tertiary/aromatic N) is 2. The van der Waals surface area contributed by atoms with E-state index in [2.05, 4.69) is 20.9 Å². The van der Waals surface area contributed by atoms with Gasteiger partial charge in [0.25, 0.3) is 0 Å². The molecule has 0 saturated carbocycles. The van der Waals surface area contributed by atoms with Crippen molar-refractivity contribution < 1.29 is 4.79 Å². The van der Waals surface area contributed by atoms with Crippen LogP contribution in [0.15, 0.2) is 47.1 Å². The maximum Gasteiger partial charge on any atom is 0.227 e. The summed E-state index contributed by atoms with van der Waals surface area (Å²) < 4.78 is 1.03. The lowest BCUT2D eigenvalue weighted by Crippen LogP contribution is -2.26. The van der Waals surface area contributed by atoms with Gasteiger partial charge in [-0.15, -0.1) is 0 Å². The van der Waals surface area contributed by atoms with Gasteiger partial charge < -0.3 is 10.6 Å². The number of aryl methyl sites for hydroxylation is 1. The fraction of sp³-hybridized carbons (Fsp3) is 0.200. The molecule has 1 aromatic carbocycles. The van der Waals surface area contributed by atoms with Crippen LogP contribution in [0.5, 0.6) is 0 Å². The van der Waals surface area contributed by atoms with Crippen molar-refractivity contribution in [3.8, 4) is 0 Å². The molecule has 1 heterocycles. The van der Waals surface area contributed by atoms with Gasteiger partial charge in [-0.25, -0.2) is 4.98 Å². The molecule has 104 valence electrons. The first kappa shape index (κ1) is 14.5. The van der Waals surface area contributed by atoms with Crippen molar-refractivity contribution in [2.45, 2.75) is 12.8 Å². The molecule has 1 amide bonds. The minimum atomic E-state index is 0.0524. The highest BCUT2D eigenvalue weighted by Crippen LogP contribution is 2.16. The molecule has 1 aromatic heterocycles. The van der Waals surface area contributed by atoms with Gasteiger partial charge in [-0.3, -0.25) is 4.79 Å². The van der Waals surface area contributed by atoms with E-state index in [9.17, 15) is 4.79 Å². The zero-order chi connectivity index (χ0) is 14.5. The molecule has 2 aromatic rings. The Morgan fingerprint density at radius 1 is 1.35 bits per heavy atom. The molecule has 2 N–H and O–H groups in total. The van der Waals surface area contributed by atoms with Crippen molar-refractivity contribution in [3.05, 3.63) is 52.6 Å². The van der Waals surface area contributed by atoms with Gasteiger partial charge in [-0.1, -0.05) is 28.1 Å². The van der Waals surface area contributed by atoms with E-state index in [1.54, 1.807) is 30.3 Å². The number of benzene rings is 1. The summed E-state index contributed by atoms with van der Waals surface area (Å²) in [4.78, 5) is 17.7. The zero-order valence-corrected chi connectivity index (χ0v) is 12.8. The van der Waals surface area contributed by atoms with Crippen LogP contribution in [0.1, 0.15) is 12.0 Å². The number of amides is 1. The molecule has 0 unspecified atom stereocenters. The van der Waals surface area contributed by atoms with Gasteiger partial charge in [-0.2, -0.15) is 0 Å². The second-order valence-corrected chi connectivity index (χ2v) is 5.44. The quantitative estimate of drug-likeness (QED) is 0.935. The molecule has 0 aliphatic rings. The molecule has 0 saturated heterocycles. The first-order valence-corrected chi connectivity index (χ1v) is 7.08. The van der Waals surface area contributed by atoms with Crippen LogP contribution >= 0.6 is 15.9 Å². The Hall–Kier alpha value is -1.88. The Morgan fingerprint density at radius 3 is 2.80 bits per heavy atom. The van der Waals surface area contributed by atoms with E-state index < -0.39 is 0 Å². The molecular formula is C15H16BrN3O. The summed E-state index contributed by atoms with van der Waals surface area (Å²) in [6, 6.07) is 11.5. The fourth-order valence-corrected chi connectivity index (χ4v) is 2.30. The molecule has 0 aliphatic carbocycles. The lowest BCUT2D eigenvalue weighted by atomic mass is 10.1. The number of carbonyl (C=O) groups excluding carboxylic acids is 1. The van der Waals surface area contributed by atoms with Gasteiger partial charge in [0.05, 0.1) is 11.9 Å². The van der Waals surface area contributed by atoms with Crippen LogP contribution in [-0.4, -0.2) is 17.9 Å². The highest BCUT2D eigenvalue weighted by molar-refractivity contribution is 9.10. The van der Waals surface area contributed by atoms with E-state index in [4.69, 9.17) is 5.73 Å². The van der Waals surface area contributed by atoms with Gasteiger partial charge in [-0.05, 0) is 36.2 Å². The van der Waals surface area contributed by atoms with Crippen LogP contribution in [0, 0.1) is 0 Å². The molecule has 0 atom stereocenters. The smallest absolute Gasteiger partial charge is 0.227 e. The number of hydrogen-bond acceptors (Lipinski definition) is 3. The minimum Gasteiger partial charge on any atom is -0.384 e. The van der Waals surface area contributed by atoms with E-state index >= 15 is 0 Å². The predicted molar refractivity (Wildman–Crippen MR) is 84.5 cm³/mol. The first-order valence-electron chi connectivity index (χ1n) is 6.29. The van der Waals surface area contributed by atoms with Crippen molar-refractivity contribution in [3.63, 3.8) is 0 Å². The average Bonchev–Trinajstić information content (AvgIpc) is 2.45. The van der Waals surface area contributed by atoms with Gasteiger partial charge >= 0.3 is 0 Å². The molecule has 20 heavy (non-hydrogen) atoms. The van der Waals surface area contributed by atoms with Crippen molar-refractivity contribution in [2.75, 3.05) is 17.7 Å². The fourth-order valence-electron chi connectivity index (χ4n) is 1.85. The van der Waals surface area contributed by atoms with Crippen molar-refractivity contribution in [1.29, 1.82) is 0 Å². The normalized spacial score (nSPS) is 10.3. The van der Waals surface area contributed by atoms with E-state index in [0.717, 1.165) is 15.7 Å². The molecular weight excluding hydrogens is 318 g/mol. The Balaban J connectivity index is 1.96. The number of hydrogen-bond donors (Lipinski definition) is 1. The third-order valence-corrected chi connectivity index (χ3v) is 3.54. The van der Waals surface area contributed by atoms with E-state index in [0.29, 0.717) is 18.7 Å². The zero-order valence-electron chi connectivity index (χ0n) is 11.2. The summed E-state index contributed by atoms with van der Waals surface area (Å²) in [5.41, 5.74) is 7.42. The van der Waals surface area contributed by atoms with Crippen LogP contribution in [0.4, 0.5) is 11.5 Å². The van der Waals surface area contributed by atoms with Crippen LogP contribution < -0.4 is 10.6 Å². The minimum absolute atomic E-state index is 0.0524. The van der Waals surface area contributed by atoms with Crippen molar-refractivity contribution >= 4 is 33.3 Å². The second-order valence-electron chi connectivity index (χ2n) is 4.52. The van der Waals surface area contributed by atoms with Gasteiger partial charge in [0, 0.05) is 17.9 Å². The van der Waals surface area contributed by atoms with E-state index in [-0.39, 0.29) is 5.91 Å². The van der Waals surface area contributed by atoms with E-state index in [1.807, 2.05) is 24.3 Å². The average molecular weight is 334 g/mol. The molecule has 2 rings (SSSR count). The predicted octanol–water partition coefficient (Wildman–Crippen LogP) is 3.02. The maximum atomic E-state index is 12.1. The Morgan fingerprint density at radius 2 is 2.15 bits per heavy atom. The standard InChI is InChI=1S/C15H16BrN3O/c1-19(13-6-7-14(17)18-10-13)15(20)8-5-11-3-2-4-12(16)9-11/h2-4,6-7,9-10H,5,8H2,1H3,(H2,17,18). The van der Waals surface area contributed by atoms with Crippen LogP contribution in [-0.2, 0) is 11.2 Å². The molecule has 5 heteroatoms. The number of halogens is 1. The number of aromatic nitrogens is 1. The largest absolute Gasteiger partial charge is 0.384 e. The number of rotatable bonds is 4.